The maximum absolute atomic E-state index is 5.35. The number of rotatable bonds is 17. The van der Waals surface area contributed by atoms with Crippen LogP contribution in [0.25, 0.3) is 0 Å². The highest BCUT2D eigenvalue weighted by atomic mass is 79.9. The van der Waals surface area contributed by atoms with Gasteiger partial charge in [0.1, 0.15) is 6.29 Å². The molecule has 0 saturated carbocycles. The second-order valence-electron chi connectivity index (χ2n) is 9.12. The Morgan fingerprint density at radius 3 is 1.12 bits per heavy atom. The molecule has 0 amide bonds. The fourth-order valence-corrected chi connectivity index (χ4v) is 11.6. The third kappa shape index (κ3) is 6.59. The van der Waals surface area contributed by atoms with Gasteiger partial charge < -0.3 is 0 Å². The van der Waals surface area contributed by atoms with Crippen molar-refractivity contribution in [1.29, 1.82) is 0 Å². The van der Waals surface area contributed by atoms with Crippen molar-refractivity contribution < 1.29 is 0 Å². The van der Waals surface area contributed by atoms with Crippen LogP contribution in [0, 0.1) is 0 Å². The van der Waals surface area contributed by atoms with Crippen molar-refractivity contribution in [2.45, 2.75) is 53.7 Å². The monoisotopic (exact) mass is 587 g/mol. The van der Waals surface area contributed by atoms with Crippen LogP contribution in [0.1, 0.15) is 41.5 Å². The Morgan fingerprint density at radius 2 is 0.941 bits per heavy atom. The van der Waals surface area contributed by atoms with E-state index < -0.39 is 13.4 Å². The Hall–Kier alpha value is 0.740. The first-order valence-corrected chi connectivity index (χ1v) is 16.7. The lowest BCUT2D eigenvalue weighted by Gasteiger charge is -2.66. The van der Waals surface area contributed by atoms with E-state index in [0.29, 0.717) is 0 Å². The predicted molar refractivity (Wildman–Crippen MR) is 158 cm³/mol. The van der Waals surface area contributed by atoms with E-state index >= 15 is 0 Å². The molecule has 0 rings (SSSR count). The van der Waals surface area contributed by atoms with Gasteiger partial charge in [-0.2, -0.15) is 8.82 Å². The molecule has 0 radical (unpaired) electrons. The van der Waals surface area contributed by atoms with Crippen molar-refractivity contribution in [3.8, 4) is 0 Å². The van der Waals surface area contributed by atoms with Gasteiger partial charge >= 0.3 is 0 Å². The van der Waals surface area contributed by atoms with Crippen LogP contribution in [0.15, 0.2) is 4.15 Å². The van der Waals surface area contributed by atoms with Crippen LogP contribution in [-0.2, 0) is 0 Å². The average molecular weight is 589 g/mol. The van der Waals surface area contributed by atoms with E-state index in [9.17, 15) is 0 Å². The van der Waals surface area contributed by atoms with Gasteiger partial charge in [0.05, 0.1) is 10.4 Å². The van der Waals surface area contributed by atoms with E-state index in [1.54, 1.807) is 0 Å². The lowest BCUT2D eigenvalue weighted by atomic mass is 10.2. The average Bonchev–Trinajstić information content (AvgIpc) is 2.76. The molecule has 34 heavy (non-hydrogen) atoms. The molecule has 0 heterocycles. The van der Waals surface area contributed by atoms with E-state index in [4.69, 9.17) is 4.15 Å². The third-order valence-electron chi connectivity index (χ3n) is 6.52. The zero-order valence-corrected chi connectivity index (χ0v) is 27.9. The van der Waals surface area contributed by atoms with Gasteiger partial charge in [-0.15, -0.1) is 0 Å². The standard InChI is InChI=1S/C22H55BrN9PS/c1-15-29(16-2)22(30(17-3)18-4,31(19-5)20-6)32(21(25(7)8)26(9)10)33(24-34-23,27(11)12)28(13)14/h21H,15-20H2,1-14H3. The molecule has 0 saturated heterocycles. The van der Waals surface area contributed by atoms with E-state index in [2.05, 4.69) is 151 Å². The highest BCUT2D eigenvalue weighted by Crippen LogP contribution is 2.64. The van der Waals surface area contributed by atoms with Crippen LogP contribution in [0.4, 0.5) is 0 Å². The van der Waals surface area contributed by atoms with Gasteiger partial charge in [0.15, 0.2) is 7.51 Å². The Bertz CT molecular complexity index is 558. The van der Waals surface area contributed by atoms with E-state index in [1.165, 1.54) is 10.4 Å². The van der Waals surface area contributed by atoms with Crippen molar-refractivity contribution >= 4 is 32.7 Å². The summed E-state index contributed by atoms with van der Waals surface area (Å²) >= 11 is 3.62. The van der Waals surface area contributed by atoms with Gasteiger partial charge in [-0.3, -0.25) is 33.8 Å². The Morgan fingerprint density at radius 1 is 0.647 bits per heavy atom. The maximum Gasteiger partial charge on any atom is 0.200 e. The smallest absolute Gasteiger partial charge is 0.200 e. The molecule has 0 aromatic rings. The van der Waals surface area contributed by atoms with Crippen LogP contribution in [0.2, 0.25) is 0 Å². The van der Waals surface area contributed by atoms with Gasteiger partial charge in [-0.25, -0.2) is 0 Å². The van der Waals surface area contributed by atoms with Gasteiger partial charge in [0.25, 0.3) is 0 Å². The molecule has 0 fully saturated rings. The quantitative estimate of drug-likeness (QED) is 0.140. The SMILES string of the molecule is CCN(CC)C(N(CC)CC)(N(CC)CC)N(C(N(C)C)N(C)C)P(=NSBr)(N(C)C)N(C)C. The minimum atomic E-state index is -2.44. The summed E-state index contributed by atoms with van der Waals surface area (Å²) in [6.07, 6.45) is -0.0247. The molecule has 0 atom stereocenters. The van der Waals surface area contributed by atoms with E-state index in [-0.39, 0.29) is 6.29 Å². The van der Waals surface area contributed by atoms with Gasteiger partial charge in [-0.1, -0.05) is 41.5 Å². The molecular weight excluding hydrogens is 533 g/mol. The topological polar surface area (TPSA) is 38.3 Å². The summed E-state index contributed by atoms with van der Waals surface area (Å²) in [6.45, 7) is 19.3. The van der Waals surface area contributed by atoms with E-state index in [0.717, 1.165) is 39.3 Å². The van der Waals surface area contributed by atoms with E-state index in [1.807, 2.05) is 0 Å². The Balaban J connectivity index is 8.32. The van der Waals surface area contributed by atoms with Crippen molar-refractivity contribution in [1.82, 2.24) is 38.5 Å². The van der Waals surface area contributed by atoms with Crippen molar-refractivity contribution in [2.75, 3.05) is 95.6 Å². The summed E-state index contributed by atoms with van der Waals surface area (Å²) < 4.78 is 12.7. The van der Waals surface area contributed by atoms with Crippen LogP contribution in [0.3, 0.4) is 0 Å². The second kappa shape index (κ2) is 15.9. The molecule has 0 aliphatic carbocycles. The first-order valence-electron chi connectivity index (χ1n) is 12.5. The van der Waals surface area contributed by atoms with Gasteiger partial charge in [-0.05, 0) is 95.6 Å². The summed E-state index contributed by atoms with van der Waals surface area (Å²) in [7, 11) is 16.4. The number of nitrogens with zero attached hydrogens (tertiary/aromatic N) is 9. The zero-order chi connectivity index (χ0) is 26.9. The van der Waals surface area contributed by atoms with Gasteiger partial charge in [0, 0.05) is 14.8 Å². The van der Waals surface area contributed by atoms with Crippen molar-refractivity contribution in [3.63, 3.8) is 0 Å². The molecule has 206 valence electrons. The van der Waals surface area contributed by atoms with Crippen molar-refractivity contribution in [2.24, 2.45) is 4.15 Å². The summed E-state index contributed by atoms with van der Waals surface area (Å²) in [6, 6.07) is 0. The molecule has 0 aliphatic rings. The molecule has 0 unspecified atom stereocenters. The van der Waals surface area contributed by atoms with Gasteiger partial charge in [0.2, 0.25) is 5.91 Å². The number of hydrogen-bond acceptors (Lipinski definition) is 7. The summed E-state index contributed by atoms with van der Waals surface area (Å²) in [5.41, 5.74) is 0. The Kier molecular flexibility index (Phi) is 16.2. The Labute approximate surface area is 224 Å². The summed E-state index contributed by atoms with van der Waals surface area (Å²) in [5.74, 6) is -0.510. The molecule has 12 heteroatoms. The first-order chi connectivity index (χ1) is 15.9. The maximum atomic E-state index is 5.35. The van der Waals surface area contributed by atoms with Crippen LogP contribution >= 0.6 is 32.7 Å². The van der Waals surface area contributed by atoms with Crippen LogP contribution in [-0.4, -0.2) is 146 Å². The molecular formula is C22H55BrN9PS. The molecule has 0 aromatic heterocycles. The van der Waals surface area contributed by atoms with Crippen molar-refractivity contribution in [3.05, 3.63) is 0 Å². The molecule has 0 aliphatic heterocycles. The minimum absolute atomic E-state index is 0.0247. The fraction of sp³-hybridized carbons (Fsp3) is 1.00. The molecule has 0 aromatic carbocycles. The minimum Gasteiger partial charge on any atom is -0.281 e. The molecule has 0 N–H and O–H groups in total. The molecule has 0 bridgehead atoms. The third-order valence-corrected chi connectivity index (χ3v) is 12.0. The molecule has 0 spiro atoms. The largest absolute Gasteiger partial charge is 0.281 e. The summed E-state index contributed by atoms with van der Waals surface area (Å²) in [4.78, 5) is 12.5. The predicted octanol–water partition coefficient (Wildman–Crippen LogP) is 4.36. The normalized spacial score (nSPS) is 14.0. The highest BCUT2D eigenvalue weighted by molar-refractivity contribution is 9.50. The number of halogens is 1. The lowest BCUT2D eigenvalue weighted by molar-refractivity contribution is -0.261. The number of hydrogen-bond donors (Lipinski definition) is 0. The zero-order valence-electron chi connectivity index (χ0n) is 24.6. The fourth-order valence-electron chi connectivity index (χ4n) is 5.32. The highest BCUT2D eigenvalue weighted by Gasteiger charge is 2.59. The second-order valence-corrected chi connectivity index (χ2v) is 13.9. The van der Waals surface area contributed by atoms with Crippen LogP contribution in [0.5, 0.6) is 0 Å². The lowest BCUT2D eigenvalue weighted by Crippen LogP contribution is -2.81. The molecule has 9 nitrogen and oxygen atoms in total. The summed E-state index contributed by atoms with van der Waals surface area (Å²) in [5, 5.41) is 0. The first kappa shape index (κ1) is 34.7. The van der Waals surface area contributed by atoms with Crippen LogP contribution < -0.4 is 0 Å².